The van der Waals surface area contributed by atoms with E-state index in [1.807, 2.05) is 77.1 Å². The quantitative estimate of drug-likeness (QED) is 0.475. The van der Waals surface area contributed by atoms with Crippen LogP contribution in [0, 0.1) is 11.3 Å². The number of rotatable bonds is 8. The highest BCUT2D eigenvalue weighted by Crippen LogP contribution is 2.36. The van der Waals surface area contributed by atoms with Gasteiger partial charge in [-0.1, -0.05) is 24.3 Å². The molecule has 0 atom stereocenters. The number of carbonyl (C=O) groups is 1. The molecule has 1 fully saturated rings. The van der Waals surface area contributed by atoms with E-state index in [-0.39, 0.29) is 24.6 Å². The summed E-state index contributed by atoms with van der Waals surface area (Å²) in [5, 5.41) is 10.0. The van der Waals surface area contributed by atoms with E-state index in [1.54, 1.807) is 11.0 Å². The number of ether oxygens (including phenoxy) is 2. The van der Waals surface area contributed by atoms with Gasteiger partial charge in [-0.2, -0.15) is 5.26 Å². The molecular formula is C26H29N3O3S. The minimum absolute atomic E-state index is 0.0273. The topological polar surface area (TPSA) is 74.9 Å². The van der Waals surface area contributed by atoms with Crippen molar-refractivity contribution >= 4 is 28.9 Å². The summed E-state index contributed by atoms with van der Waals surface area (Å²) >= 11 is 1.40. The second-order valence-electron chi connectivity index (χ2n) is 8.08. The molecular weight excluding hydrogens is 434 g/mol. The van der Waals surface area contributed by atoms with Gasteiger partial charge in [0.1, 0.15) is 6.61 Å². The number of carbonyl (C=O) groups excluding carboxylic acids is 1. The lowest BCUT2D eigenvalue weighted by Crippen LogP contribution is -2.35. The molecule has 2 aromatic rings. The SMILES string of the molecule is CCOc1cc(/C=C2/SC(=NC(C)C)N(C(C)C)C2=O)ccc1OCc1ccccc1C#N. The Kier molecular flexibility index (Phi) is 8.18. The molecule has 0 bridgehead atoms. The summed E-state index contributed by atoms with van der Waals surface area (Å²) in [5.41, 5.74) is 2.24. The maximum absolute atomic E-state index is 13.0. The van der Waals surface area contributed by atoms with E-state index in [9.17, 15) is 10.1 Å². The van der Waals surface area contributed by atoms with E-state index in [2.05, 4.69) is 11.1 Å². The van der Waals surface area contributed by atoms with E-state index >= 15 is 0 Å². The Balaban J connectivity index is 1.86. The monoisotopic (exact) mass is 463 g/mol. The van der Waals surface area contributed by atoms with Crippen LogP contribution in [-0.4, -0.2) is 34.7 Å². The van der Waals surface area contributed by atoms with Crippen LogP contribution in [0.3, 0.4) is 0 Å². The molecule has 7 heteroatoms. The summed E-state index contributed by atoms with van der Waals surface area (Å²) in [6.45, 7) is 10.6. The third kappa shape index (κ3) is 5.96. The molecule has 3 rings (SSSR count). The summed E-state index contributed by atoms with van der Waals surface area (Å²) in [4.78, 5) is 20.0. The third-order valence-electron chi connectivity index (χ3n) is 4.81. The molecule has 1 aliphatic rings. The van der Waals surface area contributed by atoms with Gasteiger partial charge in [0, 0.05) is 17.6 Å². The first-order chi connectivity index (χ1) is 15.8. The van der Waals surface area contributed by atoms with Crippen LogP contribution >= 0.6 is 11.8 Å². The van der Waals surface area contributed by atoms with Gasteiger partial charge in [0.15, 0.2) is 16.7 Å². The molecule has 33 heavy (non-hydrogen) atoms. The minimum Gasteiger partial charge on any atom is -0.490 e. The summed E-state index contributed by atoms with van der Waals surface area (Å²) in [5.74, 6) is 1.14. The molecule has 1 aliphatic heterocycles. The Morgan fingerprint density at radius 2 is 1.88 bits per heavy atom. The summed E-state index contributed by atoms with van der Waals surface area (Å²) in [6.07, 6.45) is 1.86. The molecule has 1 heterocycles. The predicted octanol–water partition coefficient (Wildman–Crippen LogP) is 5.63. The van der Waals surface area contributed by atoms with Crippen molar-refractivity contribution in [1.82, 2.24) is 4.90 Å². The number of amides is 1. The molecule has 0 spiro atoms. The lowest BCUT2D eigenvalue weighted by Gasteiger charge is -2.20. The van der Waals surface area contributed by atoms with Gasteiger partial charge in [0.25, 0.3) is 5.91 Å². The van der Waals surface area contributed by atoms with Gasteiger partial charge in [0.2, 0.25) is 0 Å². The van der Waals surface area contributed by atoms with Crippen LogP contribution in [0.2, 0.25) is 0 Å². The molecule has 0 aliphatic carbocycles. The molecule has 0 radical (unpaired) electrons. The fraction of sp³-hybridized carbons (Fsp3) is 0.346. The van der Waals surface area contributed by atoms with Crippen LogP contribution < -0.4 is 9.47 Å². The van der Waals surface area contributed by atoms with Gasteiger partial charge in [-0.15, -0.1) is 0 Å². The zero-order valence-corrected chi connectivity index (χ0v) is 20.5. The van der Waals surface area contributed by atoms with Crippen LogP contribution in [0.15, 0.2) is 52.4 Å². The van der Waals surface area contributed by atoms with Crippen LogP contribution in [0.25, 0.3) is 6.08 Å². The summed E-state index contributed by atoms with van der Waals surface area (Å²) in [6, 6.07) is 15.3. The van der Waals surface area contributed by atoms with Crippen LogP contribution in [0.4, 0.5) is 0 Å². The number of amidine groups is 1. The Labute approximate surface area is 199 Å². The fourth-order valence-corrected chi connectivity index (χ4v) is 4.55. The normalized spacial score (nSPS) is 16.2. The van der Waals surface area contributed by atoms with E-state index < -0.39 is 0 Å². The Bertz CT molecular complexity index is 1120. The molecule has 1 saturated heterocycles. The number of thioether (sulfide) groups is 1. The largest absolute Gasteiger partial charge is 0.490 e. The van der Waals surface area contributed by atoms with Gasteiger partial charge >= 0.3 is 0 Å². The lowest BCUT2D eigenvalue weighted by molar-refractivity contribution is -0.123. The van der Waals surface area contributed by atoms with Gasteiger partial charge in [0.05, 0.1) is 23.1 Å². The van der Waals surface area contributed by atoms with E-state index in [1.165, 1.54) is 11.8 Å². The van der Waals surface area contributed by atoms with Crippen LogP contribution in [0.5, 0.6) is 11.5 Å². The Morgan fingerprint density at radius 3 is 2.55 bits per heavy atom. The van der Waals surface area contributed by atoms with Crippen LogP contribution in [-0.2, 0) is 11.4 Å². The maximum Gasteiger partial charge on any atom is 0.266 e. The van der Waals surface area contributed by atoms with Gasteiger partial charge in [-0.05, 0) is 76.2 Å². The highest BCUT2D eigenvalue weighted by Gasteiger charge is 2.35. The van der Waals surface area contributed by atoms with Gasteiger partial charge in [-0.25, -0.2) is 0 Å². The molecule has 0 saturated carbocycles. The van der Waals surface area contributed by atoms with E-state index in [4.69, 9.17) is 9.47 Å². The Hall–Kier alpha value is -3.24. The van der Waals surface area contributed by atoms with Gasteiger partial charge < -0.3 is 9.47 Å². The molecule has 0 unspecified atom stereocenters. The highest BCUT2D eigenvalue weighted by molar-refractivity contribution is 8.18. The standard InChI is InChI=1S/C26H29N3O3S/c1-6-31-23-13-19(11-12-22(23)32-16-21-10-8-7-9-20(21)15-27)14-24-25(30)29(18(4)5)26(33-24)28-17(2)3/h7-14,17-18H,6,16H2,1-5H3/b24-14+,28-26?. The number of nitriles is 1. The first kappa shape index (κ1) is 24.4. The smallest absolute Gasteiger partial charge is 0.266 e. The zero-order valence-electron chi connectivity index (χ0n) is 19.7. The molecule has 0 aromatic heterocycles. The molecule has 172 valence electrons. The second kappa shape index (κ2) is 11.1. The minimum atomic E-state index is -0.0409. The average Bonchev–Trinajstić information content (AvgIpc) is 3.07. The first-order valence-electron chi connectivity index (χ1n) is 11.0. The van der Waals surface area contributed by atoms with E-state index in [0.29, 0.717) is 28.6 Å². The summed E-state index contributed by atoms with van der Waals surface area (Å²) in [7, 11) is 0. The number of aliphatic imine (C=N–C) groups is 1. The molecule has 0 N–H and O–H groups in total. The van der Waals surface area contributed by atoms with Crippen molar-refractivity contribution in [3.63, 3.8) is 0 Å². The van der Waals surface area contributed by atoms with Crippen molar-refractivity contribution in [2.75, 3.05) is 6.61 Å². The summed E-state index contributed by atoms with van der Waals surface area (Å²) < 4.78 is 11.8. The van der Waals surface area contributed by atoms with Crippen molar-refractivity contribution < 1.29 is 14.3 Å². The van der Waals surface area contributed by atoms with Crippen molar-refractivity contribution in [2.24, 2.45) is 4.99 Å². The number of benzene rings is 2. The first-order valence-corrected chi connectivity index (χ1v) is 11.8. The number of hydrogen-bond acceptors (Lipinski definition) is 6. The van der Waals surface area contributed by atoms with Crippen molar-refractivity contribution in [2.45, 2.75) is 53.3 Å². The highest BCUT2D eigenvalue weighted by atomic mass is 32.2. The number of hydrogen-bond donors (Lipinski definition) is 0. The predicted molar refractivity (Wildman–Crippen MR) is 133 cm³/mol. The second-order valence-corrected chi connectivity index (χ2v) is 9.09. The Morgan fingerprint density at radius 1 is 1.12 bits per heavy atom. The fourth-order valence-electron chi connectivity index (χ4n) is 3.32. The van der Waals surface area contributed by atoms with Crippen molar-refractivity contribution in [3.8, 4) is 17.6 Å². The maximum atomic E-state index is 13.0. The average molecular weight is 464 g/mol. The molecule has 2 aromatic carbocycles. The van der Waals surface area contributed by atoms with Crippen molar-refractivity contribution in [3.05, 3.63) is 64.1 Å². The van der Waals surface area contributed by atoms with Crippen molar-refractivity contribution in [1.29, 1.82) is 5.26 Å². The van der Waals surface area contributed by atoms with Crippen LogP contribution in [0.1, 0.15) is 51.3 Å². The molecule has 1 amide bonds. The third-order valence-corrected chi connectivity index (χ3v) is 5.81. The lowest BCUT2D eigenvalue weighted by atomic mass is 10.1. The van der Waals surface area contributed by atoms with Gasteiger partial charge in [-0.3, -0.25) is 14.7 Å². The zero-order chi connectivity index (χ0) is 24.0. The van der Waals surface area contributed by atoms with E-state index in [0.717, 1.165) is 16.3 Å². The molecule has 6 nitrogen and oxygen atoms in total. The number of nitrogens with zero attached hydrogens (tertiary/aromatic N) is 3.